The number of sulfonamides is 1. The maximum absolute atomic E-state index is 12.6. The number of ketones is 1. The molecule has 0 radical (unpaired) electrons. The molecule has 0 unspecified atom stereocenters. The lowest BCUT2D eigenvalue weighted by atomic mass is 10.2. The monoisotopic (exact) mass is 413 g/mol. The third-order valence-electron chi connectivity index (χ3n) is 4.29. The van der Waals surface area contributed by atoms with E-state index >= 15 is 0 Å². The number of rotatable bonds is 5. The summed E-state index contributed by atoms with van der Waals surface area (Å²) in [6.45, 7) is 1.18. The highest BCUT2D eigenvalue weighted by Gasteiger charge is 2.44. The molecule has 2 aromatic rings. The molecule has 2 aromatic carbocycles. The van der Waals surface area contributed by atoms with Crippen LogP contribution in [0.1, 0.15) is 17.3 Å². The van der Waals surface area contributed by atoms with E-state index in [1.807, 2.05) is 0 Å². The fraction of sp³-hybridized carbons (Fsp3) is 0.235. The van der Waals surface area contributed by atoms with E-state index in [1.54, 1.807) is 0 Å². The smallest absolute Gasteiger partial charge is 0.243 e. The summed E-state index contributed by atoms with van der Waals surface area (Å²) in [7, 11) is -7.41. The number of Topliss-reactive ketones (excluding diaryl/α,β-unsaturated/α-hetero) is 1. The molecule has 138 valence electrons. The predicted molar refractivity (Wildman–Crippen MR) is 97.6 cm³/mol. The van der Waals surface area contributed by atoms with Gasteiger partial charge in [0.15, 0.2) is 15.6 Å². The minimum absolute atomic E-state index is 0.0323. The highest BCUT2D eigenvalue weighted by molar-refractivity contribution is 7.92. The van der Waals surface area contributed by atoms with Crippen molar-refractivity contribution in [1.82, 2.24) is 4.31 Å². The summed E-state index contributed by atoms with van der Waals surface area (Å²) >= 11 is 5.77. The van der Waals surface area contributed by atoms with Crippen molar-refractivity contribution < 1.29 is 21.6 Å². The number of carbonyl (C=O) groups excluding carboxylic acids is 1. The Hall–Kier alpha value is -1.74. The van der Waals surface area contributed by atoms with Crippen LogP contribution in [0.2, 0.25) is 5.02 Å². The summed E-state index contributed by atoms with van der Waals surface area (Å²) in [6, 6.07) is 11.4. The highest BCUT2D eigenvalue weighted by atomic mass is 35.5. The maximum Gasteiger partial charge on any atom is 0.243 e. The van der Waals surface area contributed by atoms with Gasteiger partial charge >= 0.3 is 0 Å². The average molecular weight is 414 g/mol. The quantitative estimate of drug-likeness (QED) is 0.702. The second-order valence-electron chi connectivity index (χ2n) is 6.02. The van der Waals surface area contributed by atoms with Gasteiger partial charge in [-0.25, -0.2) is 16.8 Å². The Morgan fingerprint density at radius 2 is 1.42 bits per heavy atom. The average Bonchev–Trinajstić information content (AvgIpc) is 2.53. The number of sulfone groups is 1. The van der Waals surface area contributed by atoms with Crippen LogP contribution >= 0.6 is 11.6 Å². The van der Waals surface area contributed by atoms with E-state index < -0.39 is 25.1 Å². The maximum atomic E-state index is 12.6. The van der Waals surface area contributed by atoms with Gasteiger partial charge in [-0.15, -0.1) is 0 Å². The van der Waals surface area contributed by atoms with Crippen LogP contribution in [0.25, 0.3) is 0 Å². The topological polar surface area (TPSA) is 88.6 Å². The molecule has 1 heterocycles. The number of halogens is 1. The first-order valence-electron chi connectivity index (χ1n) is 7.73. The third kappa shape index (κ3) is 3.42. The van der Waals surface area contributed by atoms with Crippen molar-refractivity contribution in [3.05, 3.63) is 59.1 Å². The zero-order valence-electron chi connectivity index (χ0n) is 13.8. The summed E-state index contributed by atoms with van der Waals surface area (Å²) in [5.41, 5.74) is 0.413. The molecule has 0 bridgehead atoms. The van der Waals surface area contributed by atoms with Crippen molar-refractivity contribution >= 4 is 37.2 Å². The minimum atomic E-state index is -3.79. The van der Waals surface area contributed by atoms with E-state index in [4.69, 9.17) is 11.6 Å². The molecule has 6 nitrogen and oxygen atoms in total. The summed E-state index contributed by atoms with van der Waals surface area (Å²) in [4.78, 5) is 11.4. The highest BCUT2D eigenvalue weighted by Crippen LogP contribution is 2.29. The fourth-order valence-electron chi connectivity index (χ4n) is 2.62. The Morgan fingerprint density at radius 3 is 1.92 bits per heavy atom. The lowest BCUT2D eigenvalue weighted by molar-refractivity contribution is 0.101. The van der Waals surface area contributed by atoms with E-state index in [2.05, 4.69) is 0 Å². The van der Waals surface area contributed by atoms with E-state index in [0.29, 0.717) is 10.6 Å². The zero-order chi connectivity index (χ0) is 19.1. The van der Waals surface area contributed by atoms with Crippen molar-refractivity contribution in [3.63, 3.8) is 0 Å². The molecule has 1 fully saturated rings. The lowest BCUT2D eigenvalue weighted by Gasteiger charge is -2.37. The fourth-order valence-corrected chi connectivity index (χ4v) is 6.12. The predicted octanol–water partition coefficient (Wildman–Crippen LogP) is 2.39. The zero-order valence-corrected chi connectivity index (χ0v) is 16.2. The van der Waals surface area contributed by atoms with Crippen LogP contribution in [0.5, 0.6) is 0 Å². The standard InChI is InChI=1S/C17H16ClNO5S2/c1-12(20)13-2-6-16(7-3-13)26(23,24)19-10-17(11-19)25(21,22)15-8-4-14(18)5-9-15/h2-9,17H,10-11H2,1H3. The molecule has 0 saturated carbocycles. The second kappa shape index (κ2) is 6.77. The van der Waals surface area contributed by atoms with Crippen LogP contribution < -0.4 is 0 Å². The van der Waals surface area contributed by atoms with Crippen molar-refractivity contribution in [2.24, 2.45) is 0 Å². The van der Waals surface area contributed by atoms with Crippen LogP contribution in [0.3, 0.4) is 0 Å². The van der Waals surface area contributed by atoms with Gasteiger partial charge in [0, 0.05) is 23.7 Å². The molecule has 0 aliphatic carbocycles. The largest absolute Gasteiger partial charge is 0.295 e. The first-order chi connectivity index (χ1) is 12.1. The molecule has 1 saturated heterocycles. The van der Waals surface area contributed by atoms with E-state index in [-0.39, 0.29) is 28.7 Å². The Balaban J connectivity index is 1.76. The third-order valence-corrected chi connectivity index (χ3v) is 8.50. The van der Waals surface area contributed by atoms with E-state index in [1.165, 1.54) is 55.5 Å². The molecular formula is C17H16ClNO5S2. The van der Waals surface area contributed by atoms with Gasteiger partial charge in [0.1, 0.15) is 0 Å². The number of carbonyl (C=O) groups is 1. The Bertz CT molecular complexity index is 1040. The van der Waals surface area contributed by atoms with Gasteiger partial charge in [0.05, 0.1) is 15.0 Å². The van der Waals surface area contributed by atoms with Gasteiger partial charge in [0.2, 0.25) is 10.0 Å². The number of benzene rings is 2. The Morgan fingerprint density at radius 1 is 0.923 bits per heavy atom. The van der Waals surface area contributed by atoms with Crippen molar-refractivity contribution in [2.45, 2.75) is 22.0 Å². The minimum Gasteiger partial charge on any atom is -0.295 e. The molecule has 0 atom stereocenters. The van der Waals surface area contributed by atoms with Crippen LogP contribution in [0.15, 0.2) is 58.3 Å². The van der Waals surface area contributed by atoms with Gasteiger partial charge < -0.3 is 0 Å². The van der Waals surface area contributed by atoms with Crippen LogP contribution in [-0.4, -0.2) is 45.3 Å². The van der Waals surface area contributed by atoms with Crippen LogP contribution in [-0.2, 0) is 19.9 Å². The lowest BCUT2D eigenvalue weighted by Crippen LogP contribution is -2.56. The Kier molecular flexibility index (Phi) is 4.96. The van der Waals surface area contributed by atoms with Gasteiger partial charge in [-0.3, -0.25) is 4.79 Å². The SMILES string of the molecule is CC(=O)c1ccc(S(=O)(=O)N2CC(S(=O)(=O)c3ccc(Cl)cc3)C2)cc1. The van der Waals surface area contributed by atoms with Crippen molar-refractivity contribution in [1.29, 1.82) is 0 Å². The molecular weight excluding hydrogens is 398 g/mol. The molecule has 1 aliphatic heterocycles. The summed E-state index contributed by atoms with van der Waals surface area (Å²) in [6.07, 6.45) is 0. The second-order valence-corrected chi connectivity index (χ2v) is 10.6. The summed E-state index contributed by atoms with van der Waals surface area (Å²) < 4.78 is 51.4. The normalized spacial score (nSPS) is 16.2. The Labute approximate surface area is 157 Å². The van der Waals surface area contributed by atoms with E-state index in [0.717, 1.165) is 4.31 Å². The summed E-state index contributed by atoms with van der Waals surface area (Å²) in [5.74, 6) is -0.160. The van der Waals surface area contributed by atoms with Gasteiger partial charge in [-0.2, -0.15) is 4.31 Å². The first-order valence-corrected chi connectivity index (χ1v) is 11.1. The van der Waals surface area contributed by atoms with Crippen molar-refractivity contribution in [3.8, 4) is 0 Å². The van der Waals surface area contributed by atoms with Gasteiger partial charge in [-0.1, -0.05) is 23.7 Å². The van der Waals surface area contributed by atoms with Crippen molar-refractivity contribution in [2.75, 3.05) is 13.1 Å². The molecule has 3 rings (SSSR count). The van der Waals surface area contributed by atoms with Gasteiger partial charge in [0.25, 0.3) is 0 Å². The van der Waals surface area contributed by atoms with Gasteiger partial charge in [-0.05, 0) is 43.3 Å². The molecule has 0 aromatic heterocycles. The number of hydrogen-bond acceptors (Lipinski definition) is 5. The molecule has 0 N–H and O–H groups in total. The molecule has 9 heteroatoms. The molecule has 0 spiro atoms. The summed E-state index contributed by atoms with van der Waals surface area (Å²) in [5, 5.41) is -0.370. The first kappa shape index (κ1) is 19.0. The molecule has 26 heavy (non-hydrogen) atoms. The van der Waals surface area contributed by atoms with Crippen LogP contribution in [0.4, 0.5) is 0 Å². The van der Waals surface area contributed by atoms with Crippen LogP contribution in [0, 0.1) is 0 Å². The van der Waals surface area contributed by atoms with E-state index in [9.17, 15) is 21.6 Å². The number of hydrogen-bond donors (Lipinski definition) is 0. The molecule has 0 amide bonds. The molecule has 1 aliphatic rings. The number of nitrogens with zero attached hydrogens (tertiary/aromatic N) is 1.